The largest absolute Gasteiger partial charge is 0.483 e. The van der Waals surface area contributed by atoms with Crippen molar-refractivity contribution in [2.24, 2.45) is 0 Å². The van der Waals surface area contributed by atoms with E-state index in [0.717, 1.165) is 31.7 Å². The number of rotatable bonds is 5. The van der Waals surface area contributed by atoms with Gasteiger partial charge < -0.3 is 19.9 Å². The highest BCUT2D eigenvalue weighted by atomic mass is 35.5. The van der Waals surface area contributed by atoms with E-state index in [1.807, 2.05) is 30.1 Å². The quantitative estimate of drug-likeness (QED) is 0.888. The van der Waals surface area contributed by atoms with Gasteiger partial charge in [0, 0.05) is 43.3 Å². The molecule has 0 radical (unpaired) electrons. The average molecular weight is 312 g/mol. The van der Waals surface area contributed by atoms with Crippen LogP contribution >= 0.6 is 11.6 Å². The molecular formula is C15H22ClN3O2. The molecule has 2 rings (SSSR count). The Balaban J connectivity index is 1.93. The summed E-state index contributed by atoms with van der Waals surface area (Å²) in [5, 5.41) is 3.70. The van der Waals surface area contributed by atoms with Crippen LogP contribution in [-0.4, -0.2) is 62.6 Å². The number of hydrogen-bond acceptors (Lipinski definition) is 4. The second-order valence-electron chi connectivity index (χ2n) is 5.22. The van der Waals surface area contributed by atoms with E-state index in [4.69, 9.17) is 16.3 Å². The molecule has 1 aliphatic heterocycles. The summed E-state index contributed by atoms with van der Waals surface area (Å²) in [4.78, 5) is 16.2. The highest BCUT2D eigenvalue weighted by molar-refractivity contribution is 6.31. The summed E-state index contributed by atoms with van der Waals surface area (Å²) in [6, 6.07) is 5.50. The number of carbonyl (C=O) groups excluding carboxylic acids is 1. The fourth-order valence-electron chi connectivity index (χ4n) is 2.31. The van der Waals surface area contributed by atoms with Crippen molar-refractivity contribution in [3.8, 4) is 5.75 Å². The summed E-state index contributed by atoms with van der Waals surface area (Å²) in [6.45, 7) is 4.01. The van der Waals surface area contributed by atoms with Crippen molar-refractivity contribution in [3.63, 3.8) is 0 Å². The van der Waals surface area contributed by atoms with Crippen LogP contribution in [0.3, 0.4) is 0 Å². The van der Waals surface area contributed by atoms with Gasteiger partial charge in [0.25, 0.3) is 5.91 Å². The van der Waals surface area contributed by atoms with Crippen molar-refractivity contribution in [1.29, 1.82) is 0 Å². The second-order valence-corrected chi connectivity index (χ2v) is 5.63. The summed E-state index contributed by atoms with van der Waals surface area (Å²) < 4.78 is 5.68. The molecule has 0 aromatic heterocycles. The van der Waals surface area contributed by atoms with Gasteiger partial charge in [-0.25, -0.2) is 0 Å². The molecule has 6 heteroatoms. The van der Waals surface area contributed by atoms with E-state index in [0.29, 0.717) is 17.3 Å². The molecule has 0 saturated carbocycles. The minimum atomic E-state index is 0.0264. The zero-order valence-electron chi connectivity index (χ0n) is 12.6. The third kappa shape index (κ3) is 4.33. The van der Waals surface area contributed by atoms with Crippen LogP contribution in [0.15, 0.2) is 18.2 Å². The van der Waals surface area contributed by atoms with Gasteiger partial charge in [-0.1, -0.05) is 17.7 Å². The van der Waals surface area contributed by atoms with E-state index in [1.54, 1.807) is 0 Å². The highest BCUT2D eigenvalue weighted by Gasteiger charge is 2.19. The van der Waals surface area contributed by atoms with Crippen LogP contribution in [0.1, 0.15) is 5.56 Å². The summed E-state index contributed by atoms with van der Waals surface area (Å²) in [5.41, 5.74) is 0.882. The lowest BCUT2D eigenvalue weighted by Crippen LogP contribution is -2.48. The number of halogens is 1. The normalized spacial score (nSPS) is 16.0. The predicted molar refractivity (Wildman–Crippen MR) is 83.8 cm³/mol. The number of amides is 1. The second kappa shape index (κ2) is 7.64. The molecule has 1 aromatic carbocycles. The molecule has 0 spiro atoms. The third-order valence-electron chi connectivity index (χ3n) is 3.64. The number of nitrogens with one attached hydrogen (secondary N) is 1. The molecule has 0 bridgehead atoms. The summed E-state index contributed by atoms with van der Waals surface area (Å²) in [5.74, 6) is 0.692. The van der Waals surface area contributed by atoms with Crippen molar-refractivity contribution < 1.29 is 9.53 Å². The Bertz CT molecular complexity index is 488. The molecular weight excluding hydrogens is 290 g/mol. The van der Waals surface area contributed by atoms with Gasteiger partial charge in [0.1, 0.15) is 5.75 Å². The van der Waals surface area contributed by atoms with Crippen molar-refractivity contribution in [3.05, 3.63) is 28.8 Å². The number of carbonyl (C=O) groups is 1. The number of piperazine rings is 1. The Labute approximate surface area is 130 Å². The maximum absolute atomic E-state index is 12.2. The lowest BCUT2D eigenvalue weighted by Gasteiger charge is -2.32. The Kier molecular flexibility index (Phi) is 5.85. The first-order valence-corrected chi connectivity index (χ1v) is 7.50. The molecule has 5 nitrogen and oxygen atoms in total. The van der Waals surface area contributed by atoms with Crippen LogP contribution in [0.2, 0.25) is 5.02 Å². The van der Waals surface area contributed by atoms with Crippen LogP contribution in [0, 0.1) is 0 Å². The Morgan fingerprint density at radius 2 is 2.05 bits per heavy atom. The zero-order chi connectivity index (χ0) is 15.2. The first-order chi connectivity index (χ1) is 10.1. The number of ether oxygens (including phenoxy) is 1. The Morgan fingerprint density at radius 3 is 2.71 bits per heavy atom. The maximum Gasteiger partial charge on any atom is 0.260 e. The van der Waals surface area contributed by atoms with E-state index in [-0.39, 0.29) is 12.5 Å². The average Bonchev–Trinajstić information content (AvgIpc) is 2.48. The molecule has 116 valence electrons. The molecule has 0 aliphatic carbocycles. The van der Waals surface area contributed by atoms with Crippen LogP contribution in [0.5, 0.6) is 5.75 Å². The Morgan fingerprint density at radius 1 is 1.33 bits per heavy atom. The van der Waals surface area contributed by atoms with Crippen molar-refractivity contribution in [2.45, 2.75) is 6.54 Å². The maximum atomic E-state index is 12.2. The van der Waals surface area contributed by atoms with Gasteiger partial charge in [0.2, 0.25) is 0 Å². The summed E-state index contributed by atoms with van der Waals surface area (Å²) >= 11 is 6.17. The predicted octanol–water partition coefficient (Wildman–Crippen LogP) is 1.21. The van der Waals surface area contributed by atoms with Crippen LogP contribution in [0.4, 0.5) is 0 Å². The number of nitrogens with zero attached hydrogens (tertiary/aromatic N) is 2. The molecule has 0 unspecified atom stereocenters. The fourth-order valence-corrected chi connectivity index (χ4v) is 2.54. The van der Waals surface area contributed by atoms with Crippen LogP contribution in [-0.2, 0) is 11.3 Å². The molecule has 0 atom stereocenters. The standard InChI is InChI=1S/C15H22ClN3O2/c1-17-10-12-13(16)4-3-5-14(12)21-11-15(20)19-8-6-18(2)7-9-19/h3-5,17H,6-11H2,1-2H3. The van der Waals surface area contributed by atoms with Crippen molar-refractivity contribution in [1.82, 2.24) is 15.1 Å². The minimum absolute atomic E-state index is 0.0264. The van der Waals surface area contributed by atoms with Gasteiger partial charge in [-0.3, -0.25) is 4.79 Å². The van der Waals surface area contributed by atoms with E-state index >= 15 is 0 Å². The molecule has 1 aliphatic rings. The van der Waals surface area contributed by atoms with Gasteiger partial charge in [-0.2, -0.15) is 0 Å². The van der Waals surface area contributed by atoms with Crippen LogP contribution < -0.4 is 10.1 Å². The molecule has 1 aromatic rings. The zero-order valence-corrected chi connectivity index (χ0v) is 13.3. The number of benzene rings is 1. The first kappa shape index (κ1) is 16.1. The Hall–Kier alpha value is -1.30. The van der Waals surface area contributed by atoms with Crippen molar-refractivity contribution >= 4 is 17.5 Å². The molecule has 1 amide bonds. The monoisotopic (exact) mass is 311 g/mol. The van der Waals surface area contributed by atoms with Gasteiger partial charge in [-0.05, 0) is 26.2 Å². The topological polar surface area (TPSA) is 44.8 Å². The number of hydrogen-bond donors (Lipinski definition) is 1. The molecule has 1 saturated heterocycles. The molecule has 1 heterocycles. The SMILES string of the molecule is CNCc1c(Cl)cccc1OCC(=O)N1CCN(C)CC1. The van der Waals surface area contributed by atoms with E-state index < -0.39 is 0 Å². The highest BCUT2D eigenvalue weighted by Crippen LogP contribution is 2.26. The summed E-state index contributed by atoms with van der Waals surface area (Å²) in [7, 11) is 3.91. The van der Waals surface area contributed by atoms with E-state index in [9.17, 15) is 4.79 Å². The molecule has 21 heavy (non-hydrogen) atoms. The number of likely N-dealkylation sites (N-methyl/N-ethyl adjacent to an activating group) is 1. The van der Waals surface area contributed by atoms with E-state index in [1.165, 1.54) is 0 Å². The van der Waals surface area contributed by atoms with Gasteiger partial charge >= 0.3 is 0 Å². The van der Waals surface area contributed by atoms with Crippen LogP contribution in [0.25, 0.3) is 0 Å². The smallest absolute Gasteiger partial charge is 0.260 e. The lowest BCUT2D eigenvalue weighted by molar-refractivity contribution is -0.134. The molecule has 1 N–H and O–H groups in total. The van der Waals surface area contributed by atoms with Gasteiger partial charge in [0.05, 0.1) is 0 Å². The van der Waals surface area contributed by atoms with Gasteiger partial charge in [0.15, 0.2) is 6.61 Å². The third-order valence-corrected chi connectivity index (χ3v) is 3.99. The molecule has 1 fully saturated rings. The van der Waals surface area contributed by atoms with Crippen molar-refractivity contribution in [2.75, 3.05) is 46.9 Å². The lowest BCUT2D eigenvalue weighted by atomic mass is 10.2. The minimum Gasteiger partial charge on any atom is -0.483 e. The van der Waals surface area contributed by atoms with E-state index in [2.05, 4.69) is 17.3 Å². The fraction of sp³-hybridized carbons (Fsp3) is 0.533. The van der Waals surface area contributed by atoms with Gasteiger partial charge in [-0.15, -0.1) is 0 Å². The summed E-state index contributed by atoms with van der Waals surface area (Å²) in [6.07, 6.45) is 0. The first-order valence-electron chi connectivity index (χ1n) is 7.13.